The average Bonchev–Trinajstić information content (AvgIpc) is 1.87. The number of rotatable bonds is 0. The first-order chi connectivity index (χ1) is 3.29. The van der Waals surface area contributed by atoms with Gasteiger partial charge in [-0.15, -0.1) is 0 Å². The third-order valence-electron chi connectivity index (χ3n) is 0.837. The Bertz CT molecular complexity index is 152. The largest absolute Gasteiger partial charge is 0.254 e. The van der Waals surface area contributed by atoms with Crippen molar-refractivity contribution in [2.75, 3.05) is 0 Å². The minimum Gasteiger partial charge on any atom is -0.254 e. The molecule has 1 heterocycles. The van der Waals surface area contributed by atoms with Gasteiger partial charge in [0, 0.05) is 5.71 Å². The monoisotopic (exact) mass is 93.1 g/mol. The molecule has 0 N–H and O–H groups in total. The average molecular weight is 93.1 g/mol. The molecule has 36 valence electrons. The summed E-state index contributed by atoms with van der Waals surface area (Å²) in [7, 11) is 0. The van der Waals surface area contributed by atoms with E-state index in [0.717, 1.165) is 11.4 Å². The highest BCUT2D eigenvalue weighted by atomic mass is 14.8. The minimum atomic E-state index is 0.859. The molecule has 1 heteroatoms. The van der Waals surface area contributed by atoms with E-state index < -0.39 is 0 Å². The van der Waals surface area contributed by atoms with Gasteiger partial charge in [0.15, 0.2) is 0 Å². The molecule has 1 nitrogen and oxygen atoms in total. The van der Waals surface area contributed by atoms with Crippen molar-refractivity contribution in [3.8, 4) is 0 Å². The highest BCUT2D eigenvalue weighted by Gasteiger charge is 1.91. The lowest BCUT2D eigenvalue weighted by molar-refractivity contribution is 1.47. The third-order valence-corrected chi connectivity index (χ3v) is 0.837. The lowest BCUT2D eigenvalue weighted by atomic mass is 10.4. The second kappa shape index (κ2) is 1.34. The molecule has 1 rings (SSSR count). The SMILES string of the molecule is C=C1C=CC(C)=N1. The van der Waals surface area contributed by atoms with Crippen LogP contribution in [0.15, 0.2) is 29.4 Å². The van der Waals surface area contributed by atoms with Gasteiger partial charge in [-0.25, -0.2) is 0 Å². The Morgan fingerprint density at radius 1 is 1.57 bits per heavy atom. The van der Waals surface area contributed by atoms with Crippen LogP contribution in [-0.4, -0.2) is 5.71 Å². The molecule has 0 radical (unpaired) electrons. The first-order valence-electron chi connectivity index (χ1n) is 2.21. The summed E-state index contributed by atoms with van der Waals surface area (Å²) in [5.74, 6) is 0. The van der Waals surface area contributed by atoms with Crippen LogP contribution in [0.1, 0.15) is 6.92 Å². The van der Waals surface area contributed by atoms with Crippen LogP contribution < -0.4 is 0 Å². The maximum absolute atomic E-state index is 4.00. The van der Waals surface area contributed by atoms with E-state index in [1.807, 2.05) is 19.1 Å². The molecule has 0 aromatic rings. The quantitative estimate of drug-likeness (QED) is 0.430. The van der Waals surface area contributed by atoms with Crippen molar-refractivity contribution in [1.29, 1.82) is 0 Å². The topological polar surface area (TPSA) is 12.4 Å². The molecule has 0 spiro atoms. The second-order valence-electron chi connectivity index (χ2n) is 1.58. The van der Waals surface area contributed by atoms with Crippen molar-refractivity contribution in [1.82, 2.24) is 0 Å². The summed E-state index contributed by atoms with van der Waals surface area (Å²) in [4.78, 5) is 4.00. The van der Waals surface area contributed by atoms with Crippen molar-refractivity contribution in [3.63, 3.8) is 0 Å². The second-order valence-corrected chi connectivity index (χ2v) is 1.58. The standard InChI is InChI=1S/C6H7N/c1-5-3-4-6(2)7-5/h3-4H,1H2,2H3. The highest BCUT2D eigenvalue weighted by Crippen LogP contribution is 2.03. The molecular weight excluding hydrogens is 86.1 g/mol. The summed E-state index contributed by atoms with van der Waals surface area (Å²) >= 11 is 0. The molecule has 1 aliphatic heterocycles. The number of allylic oxidation sites excluding steroid dienone is 2. The fourth-order valence-corrected chi connectivity index (χ4v) is 0.518. The molecule has 1 aliphatic rings. The van der Waals surface area contributed by atoms with E-state index in [4.69, 9.17) is 0 Å². The van der Waals surface area contributed by atoms with Crippen molar-refractivity contribution in [2.45, 2.75) is 6.92 Å². The van der Waals surface area contributed by atoms with E-state index in [0.29, 0.717) is 0 Å². The van der Waals surface area contributed by atoms with E-state index in [-0.39, 0.29) is 0 Å². The summed E-state index contributed by atoms with van der Waals surface area (Å²) in [6.07, 6.45) is 3.84. The van der Waals surface area contributed by atoms with Gasteiger partial charge >= 0.3 is 0 Å². The summed E-state index contributed by atoms with van der Waals surface area (Å²) < 4.78 is 0. The molecule has 0 fully saturated rings. The van der Waals surface area contributed by atoms with Gasteiger partial charge in [0.25, 0.3) is 0 Å². The Morgan fingerprint density at radius 2 is 2.29 bits per heavy atom. The van der Waals surface area contributed by atoms with Gasteiger partial charge < -0.3 is 0 Å². The first kappa shape index (κ1) is 4.31. The molecule has 0 bridgehead atoms. The Balaban J connectivity index is 2.88. The molecule has 0 aliphatic carbocycles. The predicted molar refractivity (Wildman–Crippen MR) is 31.4 cm³/mol. The molecule has 0 saturated carbocycles. The number of aliphatic imine (C=N–C) groups is 1. The van der Waals surface area contributed by atoms with Gasteiger partial charge in [-0.3, -0.25) is 4.99 Å². The number of nitrogens with zero attached hydrogens (tertiary/aromatic N) is 1. The minimum absolute atomic E-state index is 0.859. The smallest absolute Gasteiger partial charge is 0.0561 e. The normalized spacial score (nSPS) is 17.9. The summed E-state index contributed by atoms with van der Waals surface area (Å²) in [6, 6.07) is 0. The van der Waals surface area contributed by atoms with E-state index in [1.165, 1.54) is 0 Å². The summed E-state index contributed by atoms with van der Waals surface area (Å²) in [5, 5.41) is 0. The van der Waals surface area contributed by atoms with Crippen LogP contribution in [0.5, 0.6) is 0 Å². The molecule has 0 aromatic carbocycles. The van der Waals surface area contributed by atoms with Crippen molar-refractivity contribution < 1.29 is 0 Å². The zero-order chi connectivity index (χ0) is 5.28. The molecule has 0 unspecified atom stereocenters. The van der Waals surface area contributed by atoms with Gasteiger partial charge in [0.05, 0.1) is 5.70 Å². The lowest BCUT2D eigenvalue weighted by Crippen LogP contribution is -1.73. The van der Waals surface area contributed by atoms with Gasteiger partial charge in [-0.2, -0.15) is 0 Å². The summed E-state index contributed by atoms with van der Waals surface area (Å²) in [5.41, 5.74) is 1.91. The highest BCUT2D eigenvalue weighted by molar-refractivity contribution is 5.96. The molecular formula is C6H7N. The fourth-order valence-electron chi connectivity index (χ4n) is 0.518. The van der Waals surface area contributed by atoms with E-state index in [2.05, 4.69) is 11.6 Å². The van der Waals surface area contributed by atoms with Crippen LogP contribution in [0, 0.1) is 0 Å². The van der Waals surface area contributed by atoms with Crippen LogP contribution in [0.4, 0.5) is 0 Å². The Hall–Kier alpha value is -0.850. The summed E-state index contributed by atoms with van der Waals surface area (Å²) in [6.45, 7) is 5.58. The molecule has 7 heavy (non-hydrogen) atoms. The molecule has 0 amide bonds. The number of hydrogen-bond donors (Lipinski definition) is 0. The zero-order valence-corrected chi connectivity index (χ0v) is 4.31. The van der Waals surface area contributed by atoms with Crippen molar-refractivity contribution >= 4 is 5.71 Å². The van der Waals surface area contributed by atoms with Crippen LogP contribution in [0.3, 0.4) is 0 Å². The predicted octanol–water partition coefficient (Wildman–Crippen LogP) is 1.53. The van der Waals surface area contributed by atoms with Crippen molar-refractivity contribution in [3.05, 3.63) is 24.4 Å². The van der Waals surface area contributed by atoms with Crippen LogP contribution in [0.2, 0.25) is 0 Å². The Kier molecular flexibility index (Phi) is 0.823. The lowest BCUT2D eigenvalue weighted by Gasteiger charge is -1.76. The van der Waals surface area contributed by atoms with E-state index in [9.17, 15) is 0 Å². The Labute approximate surface area is 43.1 Å². The first-order valence-corrected chi connectivity index (χ1v) is 2.21. The van der Waals surface area contributed by atoms with Crippen LogP contribution >= 0.6 is 0 Å². The van der Waals surface area contributed by atoms with E-state index >= 15 is 0 Å². The zero-order valence-electron chi connectivity index (χ0n) is 4.31. The van der Waals surface area contributed by atoms with Crippen molar-refractivity contribution in [2.24, 2.45) is 4.99 Å². The molecule has 0 atom stereocenters. The van der Waals surface area contributed by atoms with Gasteiger partial charge in [-0.05, 0) is 19.1 Å². The van der Waals surface area contributed by atoms with Gasteiger partial charge in [0.2, 0.25) is 0 Å². The van der Waals surface area contributed by atoms with Crippen LogP contribution in [-0.2, 0) is 0 Å². The number of hydrogen-bond acceptors (Lipinski definition) is 1. The Morgan fingerprint density at radius 3 is 2.43 bits per heavy atom. The van der Waals surface area contributed by atoms with Gasteiger partial charge in [0.1, 0.15) is 0 Å². The maximum Gasteiger partial charge on any atom is 0.0561 e. The fraction of sp³-hybridized carbons (Fsp3) is 0.167. The molecule has 0 aromatic heterocycles. The van der Waals surface area contributed by atoms with E-state index in [1.54, 1.807) is 0 Å². The van der Waals surface area contributed by atoms with Crippen LogP contribution in [0.25, 0.3) is 0 Å². The third kappa shape index (κ3) is 0.769. The van der Waals surface area contributed by atoms with Gasteiger partial charge in [-0.1, -0.05) is 6.58 Å². The maximum atomic E-state index is 4.00. The molecule has 0 saturated heterocycles.